The Morgan fingerprint density at radius 1 is 1.45 bits per heavy atom. The van der Waals surface area contributed by atoms with Crippen LogP contribution in [0, 0.1) is 0 Å². The van der Waals surface area contributed by atoms with Crippen molar-refractivity contribution in [3.05, 3.63) is 41.3 Å². The van der Waals surface area contributed by atoms with Gasteiger partial charge < -0.3 is 10.1 Å². The number of ether oxygens (including phenoxy) is 1. The lowest BCUT2D eigenvalue weighted by Crippen LogP contribution is -2.16. The van der Waals surface area contributed by atoms with Gasteiger partial charge in [-0.15, -0.1) is 21.8 Å². The van der Waals surface area contributed by atoms with Crippen molar-refractivity contribution < 1.29 is 4.74 Å². The van der Waals surface area contributed by atoms with Gasteiger partial charge in [-0.2, -0.15) is 0 Å². The molecule has 20 heavy (non-hydrogen) atoms. The van der Waals surface area contributed by atoms with E-state index in [2.05, 4.69) is 46.9 Å². The maximum atomic E-state index is 5.58. The fraction of sp³-hybridized carbons (Fsp3) is 0.200. The highest BCUT2D eigenvalue weighted by Gasteiger charge is 2.17. The number of anilines is 1. The molecule has 0 radical (unpaired) electrons. The Morgan fingerprint density at radius 3 is 3.05 bits per heavy atom. The maximum absolute atomic E-state index is 5.58. The van der Waals surface area contributed by atoms with Gasteiger partial charge in [0.25, 0.3) is 5.17 Å². The standard InChI is InChI=1S/C15H15NOS3/c1-10-8-11-9-12(20(2)14-4-3-7-19-14)5-6-13(11)16-15(18)17-10/h3-7,9-10H,2,8H2,1H3,(H,16,18). The molecular weight excluding hydrogens is 306 g/mol. The number of fused-ring (bicyclic) bond motifs is 1. The number of thiophene rings is 1. The number of rotatable bonds is 2. The molecule has 0 bridgehead atoms. The molecule has 1 aliphatic heterocycles. The Morgan fingerprint density at radius 2 is 2.30 bits per heavy atom. The smallest absolute Gasteiger partial charge is 0.261 e. The fourth-order valence-electron chi connectivity index (χ4n) is 2.21. The summed E-state index contributed by atoms with van der Waals surface area (Å²) in [5.41, 5.74) is 2.29. The summed E-state index contributed by atoms with van der Waals surface area (Å²) in [6, 6.07) is 10.7. The highest BCUT2D eigenvalue weighted by atomic mass is 32.2. The first-order valence-corrected chi connectivity index (χ1v) is 8.99. The highest BCUT2D eigenvalue weighted by Crippen LogP contribution is 2.39. The van der Waals surface area contributed by atoms with Gasteiger partial charge in [-0.05, 0) is 54.4 Å². The first-order valence-electron chi connectivity index (χ1n) is 6.31. The van der Waals surface area contributed by atoms with Crippen LogP contribution in [0.4, 0.5) is 5.69 Å². The number of benzene rings is 1. The summed E-state index contributed by atoms with van der Waals surface area (Å²) in [5.74, 6) is 4.32. The summed E-state index contributed by atoms with van der Waals surface area (Å²) < 4.78 is 6.89. The third-order valence-corrected chi connectivity index (χ3v) is 6.35. The van der Waals surface area contributed by atoms with E-state index >= 15 is 0 Å². The summed E-state index contributed by atoms with van der Waals surface area (Å²) in [6.07, 6.45) is 0.956. The first-order chi connectivity index (χ1) is 9.63. The lowest BCUT2D eigenvalue weighted by Gasteiger charge is -2.11. The Hall–Kier alpha value is -1.17. The Kier molecular flexibility index (Phi) is 3.92. The molecule has 0 amide bonds. The van der Waals surface area contributed by atoms with Gasteiger partial charge in [-0.1, -0.05) is 11.9 Å². The molecule has 5 heteroatoms. The van der Waals surface area contributed by atoms with Crippen molar-refractivity contribution in [1.29, 1.82) is 0 Å². The van der Waals surface area contributed by atoms with Crippen molar-refractivity contribution in [3.8, 4) is 0 Å². The van der Waals surface area contributed by atoms with E-state index in [4.69, 9.17) is 17.0 Å². The van der Waals surface area contributed by atoms with Crippen molar-refractivity contribution >= 4 is 50.8 Å². The van der Waals surface area contributed by atoms with Crippen LogP contribution in [0.25, 0.3) is 0 Å². The van der Waals surface area contributed by atoms with E-state index in [0.29, 0.717) is 5.17 Å². The van der Waals surface area contributed by atoms with Crippen molar-refractivity contribution in [2.45, 2.75) is 28.6 Å². The van der Waals surface area contributed by atoms with Crippen molar-refractivity contribution in [2.24, 2.45) is 0 Å². The average Bonchev–Trinajstić information content (AvgIpc) is 2.88. The van der Waals surface area contributed by atoms with Crippen LogP contribution in [0.1, 0.15) is 12.5 Å². The largest absolute Gasteiger partial charge is 0.467 e. The molecule has 0 aliphatic carbocycles. The number of hydrogen-bond donors (Lipinski definition) is 1. The minimum Gasteiger partial charge on any atom is -0.467 e. The van der Waals surface area contributed by atoms with E-state index in [9.17, 15) is 0 Å². The van der Waals surface area contributed by atoms with Crippen molar-refractivity contribution in [3.63, 3.8) is 0 Å². The monoisotopic (exact) mass is 321 g/mol. The zero-order chi connectivity index (χ0) is 14.1. The van der Waals surface area contributed by atoms with Crippen LogP contribution in [-0.4, -0.2) is 17.1 Å². The van der Waals surface area contributed by atoms with Crippen LogP contribution < -0.4 is 5.32 Å². The van der Waals surface area contributed by atoms with E-state index in [1.165, 1.54) is 14.7 Å². The maximum Gasteiger partial charge on any atom is 0.261 e. The van der Waals surface area contributed by atoms with Gasteiger partial charge in [-0.3, -0.25) is 0 Å². The van der Waals surface area contributed by atoms with Crippen molar-refractivity contribution in [2.75, 3.05) is 5.32 Å². The minimum absolute atomic E-state index is 0.0971. The number of hydrogen-bond acceptors (Lipinski definition) is 3. The molecule has 2 aromatic rings. The second-order valence-corrected chi connectivity index (χ2v) is 7.96. The van der Waals surface area contributed by atoms with E-state index in [0.717, 1.165) is 12.1 Å². The van der Waals surface area contributed by atoms with Gasteiger partial charge in [0.15, 0.2) is 0 Å². The molecule has 2 heterocycles. The summed E-state index contributed by atoms with van der Waals surface area (Å²) in [7, 11) is -0.122. The predicted molar refractivity (Wildman–Crippen MR) is 92.5 cm³/mol. The van der Waals surface area contributed by atoms with Crippen molar-refractivity contribution in [1.82, 2.24) is 0 Å². The molecule has 0 spiro atoms. The minimum atomic E-state index is -0.122. The summed E-state index contributed by atoms with van der Waals surface area (Å²) in [5, 5.41) is 5.70. The molecule has 104 valence electrons. The SMILES string of the molecule is C=S(c1ccc2c(c1)CC(C)OC(=S)N2)c1cccs1. The fourth-order valence-corrected chi connectivity index (χ4v) is 4.84. The molecule has 1 aliphatic rings. The van der Waals surface area contributed by atoms with Crippen LogP contribution in [0.15, 0.2) is 44.8 Å². The van der Waals surface area contributed by atoms with Gasteiger partial charge in [0.05, 0.1) is 4.21 Å². The Labute approximate surface area is 130 Å². The first kappa shape index (κ1) is 13.8. The topological polar surface area (TPSA) is 21.3 Å². The van der Waals surface area contributed by atoms with E-state index in [-0.39, 0.29) is 16.6 Å². The zero-order valence-electron chi connectivity index (χ0n) is 11.1. The molecule has 0 saturated heterocycles. The van der Waals surface area contributed by atoms with Crippen LogP contribution in [0.3, 0.4) is 0 Å². The normalized spacial score (nSPS) is 19.4. The van der Waals surface area contributed by atoms with Gasteiger partial charge in [-0.25, -0.2) is 0 Å². The third-order valence-electron chi connectivity index (χ3n) is 3.15. The van der Waals surface area contributed by atoms with Gasteiger partial charge >= 0.3 is 0 Å². The zero-order valence-corrected chi connectivity index (χ0v) is 13.5. The van der Waals surface area contributed by atoms with Gasteiger partial charge in [0.1, 0.15) is 6.10 Å². The number of thiocarbonyl (C=S) groups is 1. The van der Waals surface area contributed by atoms with Crippen LogP contribution >= 0.6 is 34.0 Å². The second-order valence-electron chi connectivity index (χ2n) is 4.69. The van der Waals surface area contributed by atoms with Crippen LogP contribution in [-0.2, 0) is 11.2 Å². The molecule has 0 fully saturated rings. The molecular formula is C15H15NOS3. The molecule has 1 aromatic heterocycles. The van der Waals surface area contributed by atoms with Gasteiger partial charge in [0.2, 0.25) is 0 Å². The summed E-state index contributed by atoms with van der Waals surface area (Å²) in [4.78, 5) is 1.26. The van der Waals surface area contributed by atoms with Crippen LogP contribution in [0.5, 0.6) is 0 Å². The predicted octanol–water partition coefficient (Wildman–Crippen LogP) is 4.53. The van der Waals surface area contributed by atoms with Crippen LogP contribution in [0.2, 0.25) is 0 Å². The Bertz CT molecular complexity index is 664. The molecule has 1 aromatic carbocycles. The van der Waals surface area contributed by atoms with E-state index in [1.807, 2.05) is 6.92 Å². The Balaban J connectivity index is 1.97. The van der Waals surface area contributed by atoms with Gasteiger partial charge in [0, 0.05) is 17.0 Å². The molecule has 1 N–H and O–H groups in total. The lowest BCUT2D eigenvalue weighted by atomic mass is 10.1. The molecule has 2 nitrogen and oxygen atoms in total. The summed E-state index contributed by atoms with van der Waals surface area (Å²) in [6.45, 7) is 2.04. The molecule has 0 saturated carbocycles. The quantitative estimate of drug-likeness (QED) is 0.821. The third kappa shape index (κ3) is 2.80. The average molecular weight is 321 g/mol. The molecule has 2 unspecified atom stereocenters. The molecule has 3 rings (SSSR count). The highest BCUT2D eigenvalue weighted by molar-refractivity contribution is 8.15. The molecule has 2 atom stereocenters. The van der Waals surface area contributed by atoms with E-state index < -0.39 is 0 Å². The second kappa shape index (κ2) is 5.68. The van der Waals surface area contributed by atoms with E-state index in [1.54, 1.807) is 11.3 Å². The number of nitrogens with one attached hydrogen (secondary N) is 1. The lowest BCUT2D eigenvalue weighted by molar-refractivity contribution is 0.217. The summed E-state index contributed by atoms with van der Waals surface area (Å²) >= 11 is 6.91.